The van der Waals surface area contributed by atoms with Gasteiger partial charge in [-0.2, -0.15) is 0 Å². The minimum absolute atomic E-state index is 0. The van der Waals surface area contributed by atoms with Crippen LogP contribution in [0.15, 0.2) is 72.9 Å². The molecule has 0 aromatic heterocycles. The van der Waals surface area contributed by atoms with Crippen LogP contribution in [0.2, 0.25) is 0 Å². The molecule has 0 aliphatic heterocycles. The van der Waals surface area contributed by atoms with Crippen molar-refractivity contribution in [1.29, 1.82) is 0 Å². The molecule has 0 saturated heterocycles. The summed E-state index contributed by atoms with van der Waals surface area (Å²) < 4.78 is 0. The van der Waals surface area contributed by atoms with Crippen molar-refractivity contribution >= 4 is 17.4 Å². The summed E-state index contributed by atoms with van der Waals surface area (Å²) in [5.41, 5.74) is 0. The molecule has 0 nitrogen and oxygen atoms in total. The summed E-state index contributed by atoms with van der Waals surface area (Å²) in [4.78, 5) is 0. The highest BCUT2D eigenvalue weighted by Crippen LogP contribution is 1.94. The molecule has 16 heavy (non-hydrogen) atoms. The normalized spacial score (nSPS) is 16.5. The summed E-state index contributed by atoms with van der Waals surface area (Å²) in [6, 6.07) is 0. The lowest BCUT2D eigenvalue weighted by Crippen LogP contribution is -1.37. The summed E-state index contributed by atoms with van der Waals surface area (Å²) in [6.07, 6.45) is 28.5. The molecule has 0 unspecified atom stereocenters. The SMILES string of the molecule is C1=CCC=C1.C1=CCC=C1.C1=CCC=C1.[Al]. The van der Waals surface area contributed by atoms with Crippen LogP contribution in [-0.2, 0) is 0 Å². The van der Waals surface area contributed by atoms with E-state index in [9.17, 15) is 0 Å². The van der Waals surface area contributed by atoms with Gasteiger partial charge in [-0.3, -0.25) is 0 Å². The van der Waals surface area contributed by atoms with E-state index in [1.165, 1.54) is 0 Å². The molecule has 0 amide bonds. The molecule has 3 radical (unpaired) electrons. The molecule has 1 heteroatoms. The van der Waals surface area contributed by atoms with Crippen molar-refractivity contribution in [3.8, 4) is 0 Å². The molecule has 0 fully saturated rings. The van der Waals surface area contributed by atoms with E-state index in [4.69, 9.17) is 0 Å². The van der Waals surface area contributed by atoms with Crippen LogP contribution in [0.25, 0.3) is 0 Å². The zero-order chi connectivity index (χ0) is 10.6. The van der Waals surface area contributed by atoms with Gasteiger partial charge in [0.05, 0.1) is 0 Å². The van der Waals surface area contributed by atoms with Crippen molar-refractivity contribution in [2.24, 2.45) is 0 Å². The van der Waals surface area contributed by atoms with Crippen LogP contribution in [0.1, 0.15) is 19.3 Å². The number of rotatable bonds is 0. The third-order valence-corrected chi connectivity index (χ3v) is 1.97. The van der Waals surface area contributed by atoms with Crippen molar-refractivity contribution in [3.05, 3.63) is 72.9 Å². The third kappa shape index (κ3) is 9.52. The lowest BCUT2D eigenvalue weighted by Gasteiger charge is -1.57. The molecule has 0 bridgehead atoms. The van der Waals surface area contributed by atoms with Gasteiger partial charge >= 0.3 is 0 Å². The Kier molecular flexibility index (Phi) is 11.3. The van der Waals surface area contributed by atoms with Gasteiger partial charge in [0.1, 0.15) is 0 Å². The smallest absolute Gasteiger partial charge is 0 e. The summed E-state index contributed by atoms with van der Waals surface area (Å²) in [6.45, 7) is 0. The molecule has 3 aliphatic rings. The van der Waals surface area contributed by atoms with Crippen LogP contribution < -0.4 is 0 Å². The molecule has 0 heterocycles. The Balaban J connectivity index is 0.000000205. The van der Waals surface area contributed by atoms with Gasteiger partial charge in [0, 0.05) is 17.4 Å². The lowest BCUT2D eigenvalue weighted by molar-refractivity contribution is 1.45. The highest BCUT2D eigenvalue weighted by molar-refractivity contribution is 5.75. The van der Waals surface area contributed by atoms with Crippen molar-refractivity contribution < 1.29 is 0 Å². The Morgan fingerprint density at radius 1 is 0.375 bits per heavy atom. The van der Waals surface area contributed by atoms with Crippen LogP contribution >= 0.6 is 0 Å². The predicted octanol–water partition coefficient (Wildman–Crippen LogP) is 4.13. The van der Waals surface area contributed by atoms with E-state index in [1.807, 2.05) is 0 Å². The Labute approximate surface area is 110 Å². The zero-order valence-corrected chi connectivity index (χ0v) is 10.8. The van der Waals surface area contributed by atoms with Crippen molar-refractivity contribution in [2.45, 2.75) is 19.3 Å². The molecule has 0 aromatic rings. The first kappa shape index (κ1) is 15.0. The maximum atomic E-state index is 2.12. The molecular formula is C15H18Al. The second kappa shape index (κ2) is 12.0. The van der Waals surface area contributed by atoms with Gasteiger partial charge < -0.3 is 0 Å². The Morgan fingerprint density at radius 3 is 0.625 bits per heavy atom. The maximum Gasteiger partial charge on any atom is 0 e. The molecule has 0 saturated carbocycles. The molecule has 0 atom stereocenters. The topological polar surface area (TPSA) is 0 Å². The first-order chi connectivity index (χ1) is 7.50. The minimum Gasteiger partial charge on any atom is -0.0808 e. The first-order valence-corrected chi connectivity index (χ1v) is 5.45. The Morgan fingerprint density at radius 2 is 0.562 bits per heavy atom. The summed E-state index contributed by atoms with van der Waals surface area (Å²) in [7, 11) is 0. The number of allylic oxidation sites excluding steroid dienone is 12. The van der Waals surface area contributed by atoms with E-state index in [-0.39, 0.29) is 17.4 Å². The van der Waals surface area contributed by atoms with Crippen LogP contribution in [0.3, 0.4) is 0 Å². The van der Waals surface area contributed by atoms with Crippen molar-refractivity contribution in [2.75, 3.05) is 0 Å². The molecule has 81 valence electrons. The fourth-order valence-corrected chi connectivity index (χ4v) is 1.18. The lowest BCUT2D eigenvalue weighted by atomic mass is 10.5. The van der Waals surface area contributed by atoms with Crippen LogP contribution in [-0.4, -0.2) is 17.4 Å². The van der Waals surface area contributed by atoms with Gasteiger partial charge in [-0.1, -0.05) is 72.9 Å². The highest BCUT2D eigenvalue weighted by atomic mass is 27.0. The van der Waals surface area contributed by atoms with Gasteiger partial charge in [0.2, 0.25) is 0 Å². The first-order valence-electron chi connectivity index (χ1n) is 5.45. The van der Waals surface area contributed by atoms with Gasteiger partial charge in [0.25, 0.3) is 0 Å². The van der Waals surface area contributed by atoms with Crippen molar-refractivity contribution in [3.63, 3.8) is 0 Å². The molecule has 3 rings (SSSR count). The molecular weight excluding hydrogens is 207 g/mol. The third-order valence-electron chi connectivity index (χ3n) is 1.97. The summed E-state index contributed by atoms with van der Waals surface area (Å²) in [5, 5.41) is 0. The van der Waals surface area contributed by atoms with Gasteiger partial charge in [-0.05, 0) is 19.3 Å². The monoisotopic (exact) mass is 225 g/mol. The van der Waals surface area contributed by atoms with Gasteiger partial charge in [-0.15, -0.1) is 0 Å². The van der Waals surface area contributed by atoms with Gasteiger partial charge in [0.15, 0.2) is 0 Å². The fraction of sp³-hybridized carbons (Fsp3) is 0.200. The Hall–Kier alpha value is -1.03. The fourth-order valence-electron chi connectivity index (χ4n) is 1.18. The standard InChI is InChI=1S/3C5H6.Al/c3*1-2-4-5-3-1;/h3*1-4H,5H2;. The van der Waals surface area contributed by atoms with E-state index in [1.54, 1.807) is 0 Å². The zero-order valence-electron chi connectivity index (χ0n) is 9.63. The largest absolute Gasteiger partial charge is 0.0808 e. The molecule has 0 spiro atoms. The van der Waals surface area contributed by atoms with E-state index in [0.717, 1.165) is 19.3 Å². The quantitative estimate of drug-likeness (QED) is 0.544. The number of hydrogen-bond acceptors (Lipinski definition) is 0. The predicted molar refractivity (Wildman–Crippen MR) is 74.4 cm³/mol. The average Bonchev–Trinajstić information content (AvgIpc) is 3.09. The average molecular weight is 225 g/mol. The van der Waals surface area contributed by atoms with E-state index in [0.29, 0.717) is 0 Å². The highest BCUT2D eigenvalue weighted by Gasteiger charge is 1.73. The summed E-state index contributed by atoms with van der Waals surface area (Å²) in [5.74, 6) is 0. The second-order valence-corrected chi connectivity index (χ2v) is 3.28. The minimum atomic E-state index is 0. The molecule has 3 aliphatic carbocycles. The number of hydrogen-bond donors (Lipinski definition) is 0. The Bertz CT molecular complexity index is 232. The van der Waals surface area contributed by atoms with E-state index >= 15 is 0 Å². The molecule has 0 N–H and O–H groups in total. The van der Waals surface area contributed by atoms with Gasteiger partial charge in [-0.25, -0.2) is 0 Å². The molecule has 0 aromatic carbocycles. The van der Waals surface area contributed by atoms with Crippen LogP contribution in [0, 0.1) is 0 Å². The summed E-state index contributed by atoms with van der Waals surface area (Å²) >= 11 is 0. The van der Waals surface area contributed by atoms with E-state index < -0.39 is 0 Å². The van der Waals surface area contributed by atoms with Crippen LogP contribution in [0.5, 0.6) is 0 Å². The van der Waals surface area contributed by atoms with E-state index in [2.05, 4.69) is 72.9 Å². The van der Waals surface area contributed by atoms with Crippen LogP contribution in [0.4, 0.5) is 0 Å². The second-order valence-electron chi connectivity index (χ2n) is 3.28. The maximum absolute atomic E-state index is 2.12. The van der Waals surface area contributed by atoms with Crippen molar-refractivity contribution in [1.82, 2.24) is 0 Å².